The van der Waals surface area contributed by atoms with Gasteiger partial charge in [-0.3, -0.25) is 4.40 Å². The van der Waals surface area contributed by atoms with Crippen LogP contribution in [0.25, 0.3) is 17.0 Å². The minimum atomic E-state index is -4.78. The maximum Gasteiger partial charge on any atom is 0.435 e. The molecule has 0 atom stereocenters. The van der Waals surface area contributed by atoms with Crippen molar-refractivity contribution in [2.75, 3.05) is 5.32 Å². The first-order valence-corrected chi connectivity index (χ1v) is 8.72. The van der Waals surface area contributed by atoms with E-state index in [0.717, 1.165) is 22.7 Å². The highest BCUT2D eigenvalue weighted by atomic mass is 19.4. The SMILES string of the molecule is Oc1ccc2nc(C(F)(F)F)c(-c3cccc(Nc4ccc(C(F)(F)F)cc4)n3)n2c1. The number of halogens is 6. The van der Waals surface area contributed by atoms with E-state index in [1.807, 2.05) is 0 Å². The van der Waals surface area contributed by atoms with Crippen molar-refractivity contribution in [1.29, 1.82) is 0 Å². The van der Waals surface area contributed by atoms with Crippen LogP contribution in [-0.2, 0) is 12.4 Å². The van der Waals surface area contributed by atoms with Gasteiger partial charge in [0.2, 0.25) is 0 Å². The van der Waals surface area contributed by atoms with E-state index < -0.39 is 23.6 Å². The molecule has 4 aromatic rings. The van der Waals surface area contributed by atoms with Crippen molar-refractivity contribution in [3.05, 3.63) is 72.1 Å². The molecule has 5 nitrogen and oxygen atoms in total. The molecular weight excluding hydrogens is 426 g/mol. The fourth-order valence-electron chi connectivity index (χ4n) is 3.00. The quantitative estimate of drug-likeness (QED) is 0.392. The summed E-state index contributed by atoms with van der Waals surface area (Å²) in [6.45, 7) is 0. The Balaban J connectivity index is 1.75. The Kier molecular flexibility index (Phi) is 4.75. The maximum absolute atomic E-state index is 13.6. The number of anilines is 2. The molecule has 11 heteroatoms. The van der Waals surface area contributed by atoms with Crippen LogP contribution in [-0.4, -0.2) is 19.5 Å². The number of aromatic nitrogens is 3. The Morgan fingerprint density at radius 1 is 0.806 bits per heavy atom. The maximum atomic E-state index is 13.6. The number of hydrogen-bond acceptors (Lipinski definition) is 4. The van der Waals surface area contributed by atoms with Crippen LogP contribution in [0.1, 0.15) is 11.3 Å². The molecule has 0 aliphatic heterocycles. The van der Waals surface area contributed by atoms with Gasteiger partial charge in [-0.15, -0.1) is 0 Å². The first kappa shape index (κ1) is 20.5. The Morgan fingerprint density at radius 3 is 2.16 bits per heavy atom. The van der Waals surface area contributed by atoms with E-state index >= 15 is 0 Å². The summed E-state index contributed by atoms with van der Waals surface area (Å²) in [5, 5.41) is 12.5. The summed E-state index contributed by atoms with van der Waals surface area (Å²) in [7, 11) is 0. The lowest BCUT2D eigenvalue weighted by Gasteiger charge is -2.11. The lowest BCUT2D eigenvalue weighted by atomic mass is 10.2. The van der Waals surface area contributed by atoms with Crippen molar-refractivity contribution in [3.63, 3.8) is 0 Å². The average molecular weight is 438 g/mol. The molecule has 0 aliphatic rings. The Labute approximate surface area is 170 Å². The first-order valence-electron chi connectivity index (χ1n) is 8.72. The van der Waals surface area contributed by atoms with E-state index in [2.05, 4.69) is 15.3 Å². The largest absolute Gasteiger partial charge is 0.506 e. The van der Waals surface area contributed by atoms with Crippen molar-refractivity contribution in [2.24, 2.45) is 0 Å². The third-order valence-corrected chi connectivity index (χ3v) is 4.35. The third kappa shape index (κ3) is 4.11. The van der Waals surface area contributed by atoms with Crippen molar-refractivity contribution in [2.45, 2.75) is 12.4 Å². The van der Waals surface area contributed by atoms with Crippen LogP contribution in [0.15, 0.2) is 60.8 Å². The summed E-state index contributed by atoms with van der Waals surface area (Å²) in [6.07, 6.45) is -8.18. The summed E-state index contributed by atoms with van der Waals surface area (Å²) in [5.41, 5.74) is -2.26. The van der Waals surface area contributed by atoms with Crippen LogP contribution < -0.4 is 5.32 Å². The monoisotopic (exact) mass is 438 g/mol. The second-order valence-electron chi connectivity index (χ2n) is 6.53. The molecular formula is C20H12F6N4O. The molecule has 0 saturated heterocycles. The summed E-state index contributed by atoms with van der Waals surface area (Å²) < 4.78 is 79.9. The van der Waals surface area contributed by atoms with Crippen LogP contribution in [0.2, 0.25) is 0 Å². The van der Waals surface area contributed by atoms with Crippen LogP contribution in [0, 0.1) is 0 Å². The van der Waals surface area contributed by atoms with Crippen molar-refractivity contribution < 1.29 is 31.4 Å². The predicted octanol–water partition coefficient (Wildman–Crippen LogP) is 5.88. The van der Waals surface area contributed by atoms with Gasteiger partial charge in [-0.2, -0.15) is 26.3 Å². The fourth-order valence-corrected chi connectivity index (χ4v) is 3.00. The molecule has 0 unspecified atom stereocenters. The number of pyridine rings is 2. The number of imidazole rings is 1. The first-order chi connectivity index (χ1) is 14.5. The standard InChI is InChI=1S/C20H12F6N4O/c21-19(22,23)11-4-6-12(7-5-11)27-15-3-1-2-14(28-15)17-18(20(24,25)26)29-16-9-8-13(31)10-30(16)17/h1-10,31H,(H,27,28). The summed E-state index contributed by atoms with van der Waals surface area (Å²) >= 11 is 0. The minimum absolute atomic E-state index is 0.0389. The zero-order valence-electron chi connectivity index (χ0n) is 15.3. The number of rotatable bonds is 3. The van der Waals surface area contributed by atoms with Gasteiger partial charge in [-0.05, 0) is 48.5 Å². The predicted molar refractivity (Wildman–Crippen MR) is 99.8 cm³/mol. The number of nitrogens with one attached hydrogen (secondary N) is 1. The molecule has 0 spiro atoms. The molecule has 3 heterocycles. The highest BCUT2D eigenvalue weighted by molar-refractivity contribution is 5.68. The third-order valence-electron chi connectivity index (χ3n) is 4.35. The fraction of sp³-hybridized carbons (Fsp3) is 0.100. The molecule has 1 aromatic carbocycles. The molecule has 0 bridgehead atoms. The van der Waals surface area contributed by atoms with E-state index in [-0.39, 0.29) is 34.3 Å². The highest BCUT2D eigenvalue weighted by Crippen LogP contribution is 2.37. The summed E-state index contributed by atoms with van der Waals surface area (Å²) in [6, 6.07) is 10.8. The molecule has 2 N–H and O–H groups in total. The molecule has 31 heavy (non-hydrogen) atoms. The molecule has 4 rings (SSSR count). The average Bonchev–Trinajstić information content (AvgIpc) is 3.07. The van der Waals surface area contributed by atoms with E-state index in [0.29, 0.717) is 0 Å². The lowest BCUT2D eigenvalue weighted by Crippen LogP contribution is -2.08. The van der Waals surface area contributed by atoms with Gasteiger partial charge in [-0.25, -0.2) is 9.97 Å². The number of hydrogen-bond donors (Lipinski definition) is 2. The zero-order chi connectivity index (χ0) is 22.4. The van der Waals surface area contributed by atoms with E-state index in [9.17, 15) is 31.4 Å². The van der Waals surface area contributed by atoms with E-state index in [1.54, 1.807) is 0 Å². The van der Waals surface area contributed by atoms with Crippen LogP contribution in [0.5, 0.6) is 5.75 Å². The topological polar surface area (TPSA) is 62.5 Å². The van der Waals surface area contributed by atoms with Gasteiger partial charge in [0.05, 0.1) is 17.5 Å². The lowest BCUT2D eigenvalue weighted by molar-refractivity contribution is -0.140. The van der Waals surface area contributed by atoms with Gasteiger partial charge in [0.15, 0.2) is 5.69 Å². The van der Waals surface area contributed by atoms with Crippen LogP contribution >= 0.6 is 0 Å². The van der Waals surface area contributed by atoms with Gasteiger partial charge >= 0.3 is 12.4 Å². The Bertz CT molecular complexity index is 1250. The molecule has 0 amide bonds. The number of nitrogens with zero attached hydrogens (tertiary/aromatic N) is 3. The Hall–Kier alpha value is -3.76. The smallest absolute Gasteiger partial charge is 0.435 e. The van der Waals surface area contributed by atoms with Crippen molar-refractivity contribution in [1.82, 2.24) is 14.4 Å². The van der Waals surface area contributed by atoms with Crippen LogP contribution in [0.4, 0.5) is 37.8 Å². The number of aromatic hydroxyl groups is 1. The molecule has 0 radical (unpaired) electrons. The molecule has 3 aromatic heterocycles. The number of benzene rings is 1. The summed E-state index contributed by atoms with van der Waals surface area (Å²) in [5.74, 6) is -0.153. The second-order valence-corrected chi connectivity index (χ2v) is 6.53. The van der Waals surface area contributed by atoms with E-state index in [1.165, 1.54) is 42.5 Å². The van der Waals surface area contributed by atoms with Crippen molar-refractivity contribution in [3.8, 4) is 17.1 Å². The zero-order valence-corrected chi connectivity index (χ0v) is 15.3. The number of alkyl halides is 6. The molecule has 0 aliphatic carbocycles. The van der Waals surface area contributed by atoms with Crippen molar-refractivity contribution >= 4 is 17.2 Å². The minimum Gasteiger partial charge on any atom is -0.506 e. The second kappa shape index (κ2) is 7.18. The van der Waals surface area contributed by atoms with Gasteiger partial charge in [-0.1, -0.05) is 6.07 Å². The Morgan fingerprint density at radius 2 is 1.52 bits per heavy atom. The molecule has 0 saturated carbocycles. The van der Waals surface area contributed by atoms with Gasteiger partial charge in [0, 0.05) is 5.69 Å². The van der Waals surface area contributed by atoms with Gasteiger partial charge in [0.1, 0.15) is 22.9 Å². The normalized spacial score (nSPS) is 12.3. The van der Waals surface area contributed by atoms with Crippen LogP contribution in [0.3, 0.4) is 0 Å². The number of fused-ring (bicyclic) bond motifs is 1. The summed E-state index contributed by atoms with van der Waals surface area (Å²) in [4.78, 5) is 7.77. The van der Waals surface area contributed by atoms with Gasteiger partial charge < -0.3 is 10.4 Å². The molecule has 160 valence electrons. The highest BCUT2D eigenvalue weighted by Gasteiger charge is 2.39. The van der Waals surface area contributed by atoms with E-state index in [4.69, 9.17) is 0 Å². The van der Waals surface area contributed by atoms with Gasteiger partial charge in [0.25, 0.3) is 0 Å². The molecule has 0 fully saturated rings.